The number of anilines is 1. The molecule has 0 unspecified atom stereocenters. The maximum Gasteiger partial charge on any atom is 0.173 e. The van der Waals surface area contributed by atoms with Crippen LogP contribution in [0.3, 0.4) is 0 Å². The molecule has 5 heteroatoms. The van der Waals surface area contributed by atoms with Crippen LogP contribution < -0.4 is 5.32 Å². The number of nitrogens with zero attached hydrogens (tertiary/aromatic N) is 2. The van der Waals surface area contributed by atoms with Gasteiger partial charge < -0.3 is 10.2 Å². The summed E-state index contributed by atoms with van der Waals surface area (Å²) < 4.78 is 13.3. The number of pyridine rings is 1. The van der Waals surface area contributed by atoms with Gasteiger partial charge in [0, 0.05) is 24.6 Å². The van der Waals surface area contributed by atoms with Crippen molar-refractivity contribution in [3.63, 3.8) is 0 Å². The fraction of sp³-hybridized carbons (Fsp3) is 0.294. The summed E-state index contributed by atoms with van der Waals surface area (Å²) in [5.41, 5.74) is 1.85. The van der Waals surface area contributed by atoms with Crippen LogP contribution in [0.5, 0.6) is 0 Å². The van der Waals surface area contributed by atoms with E-state index >= 15 is 0 Å². The Morgan fingerprint density at radius 1 is 1.27 bits per heavy atom. The van der Waals surface area contributed by atoms with Gasteiger partial charge in [0.1, 0.15) is 5.82 Å². The van der Waals surface area contributed by atoms with E-state index in [1.807, 2.05) is 18.3 Å². The van der Waals surface area contributed by atoms with E-state index in [4.69, 9.17) is 12.2 Å². The molecule has 2 heterocycles. The molecule has 1 saturated heterocycles. The standard InChI is InChI=1S/C17H18FN3S/c18-14-6-3-7-15(11-14)20-17(22)21-10-2-1-8-16(21)13-5-4-9-19-12-13/h3-7,9,11-12,16H,1-2,8,10H2,(H,20,22)/t16-/m0/s1. The van der Waals surface area contributed by atoms with Crippen molar-refractivity contribution in [1.29, 1.82) is 0 Å². The second-order valence-electron chi connectivity index (χ2n) is 5.43. The number of thiocarbonyl (C=S) groups is 1. The Morgan fingerprint density at radius 2 is 2.18 bits per heavy atom. The molecule has 1 aliphatic heterocycles. The van der Waals surface area contributed by atoms with E-state index in [9.17, 15) is 4.39 Å². The van der Waals surface area contributed by atoms with Crippen LogP contribution in [-0.4, -0.2) is 21.5 Å². The van der Waals surface area contributed by atoms with Gasteiger partial charge in [0.25, 0.3) is 0 Å². The van der Waals surface area contributed by atoms with E-state index in [1.165, 1.54) is 24.1 Å². The highest BCUT2D eigenvalue weighted by Gasteiger charge is 2.26. The molecule has 3 rings (SSSR count). The van der Waals surface area contributed by atoms with Crippen LogP contribution in [0.1, 0.15) is 30.9 Å². The molecule has 114 valence electrons. The lowest BCUT2D eigenvalue weighted by Crippen LogP contribution is -2.41. The highest BCUT2D eigenvalue weighted by molar-refractivity contribution is 7.80. The number of nitrogens with one attached hydrogen (secondary N) is 1. The number of hydrogen-bond acceptors (Lipinski definition) is 2. The Labute approximate surface area is 135 Å². The van der Waals surface area contributed by atoms with Gasteiger partial charge in [-0.25, -0.2) is 4.39 Å². The quantitative estimate of drug-likeness (QED) is 0.843. The molecule has 1 aromatic carbocycles. The van der Waals surface area contributed by atoms with Gasteiger partial charge in [-0.3, -0.25) is 4.98 Å². The molecule has 22 heavy (non-hydrogen) atoms. The van der Waals surface area contributed by atoms with Crippen LogP contribution in [0.4, 0.5) is 10.1 Å². The number of piperidine rings is 1. The summed E-state index contributed by atoms with van der Waals surface area (Å²) in [7, 11) is 0. The predicted octanol–water partition coefficient (Wildman–Crippen LogP) is 4.14. The van der Waals surface area contributed by atoms with Gasteiger partial charge >= 0.3 is 0 Å². The van der Waals surface area contributed by atoms with Gasteiger partial charge in [0.2, 0.25) is 0 Å². The van der Waals surface area contributed by atoms with Crippen LogP contribution in [0.15, 0.2) is 48.8 Å². The van der Waals surface area contributed by atoms with E-state index in [0.29, 0.717) is 10.8 Å². The fourth-order valence-electron chi connectivity index (χ4n) is 2.86. The smallest absolute Gasteiger partial charge is 0.173 e. The Balaban J connectivity index is 1.77. The van der Waals surface area contributed by atoms with Crippen LogP contribution in [0.25, 0.3) is 0 Å². The molecule has 1 aromatic heterocycles. The van der Waals surface area contributed by atoms with Crippen LogP contribution in [0, 0.1) is 5.82 Å². The fourth-order valence-corrected chi connectivity index (χ4v) is 3.19. The zero-order valence-electron chi connectivity index (χ0n) is 12.2. The van der Waals surface area contributed by atoms with E-state index in [0.717, 1.165) is 19.4 Å². The lowest BCUT2D eigenvalue weighted by Gasteiger charge is -2.37. The molecule has 3 nitrogen and oxygen atoms in total. The zero-order chi connectivity index (χ0) is 15.4. The third-order valence-electron chi connectivity index (χ3n) is 3.91. The predicted molar refractivity (Wildman–Crippen MR) is 90.2 cm³/mol. The minimum Gasteiger partial charge on any atom is -0.342 e. The van der Waals surface area contributed by atoms with Crippen molar-refractivity contribution in [2.24, 2.45) is 0 Å². The largest absolute Gasteiger partial charge is 0.342 e. The van der Waals surface area contributed by atoms with Crippen molar-refractivity contribution < 1.29 is 4.39 Å². The van der Waals surface area contributed by atoms with Crippen molar-refractivity contribution >= 4 is 23.0 Å². The lowest BCUT2D eigenvalue weighted by atomic mass is 9.97. The second-order valence-corrected chi connectivity index (χ2v) is 5.82. The molecule has 0 amide bonds. The van der Waals surface area contributed by atoms with Gasteiger partial charge in [-0.1, -0.05) is 12.1 Å². The number of halogens is 1. The molecule has 0 bridgehead atoms. The molecule has 0 aliphatic carbocycles. The third kappa shape index (κ3) is 3.42. The summed E-state index contributed by atoms with van der Waals surface area (Å²) in [6.45, 7) is 0.903. The SMILES string of the molecule is Fc1cccc(NC(=S)N2CCCC[C@H]2c2cccnc2)c1. The first-order valence-corrected chi connectivity index (χ1v) is 7.88. The van der Waals surface area contributed by atoms with Gasteiger partial charge in [-0.15, -0.1) is 0 Å². The first kappa shape index (κ1) is 14.9. The Morgan fingerprint density at radius 3 is 2.95 bits per heavy atom. The van der Waals surface area contributed by atoms with Crippen molar-refractivity contribution in [3.8, 4) is 0 Å². The van der Waals surface area contributed by atoms with E-state index in [2.05, 4.69) is 21.3 Å². The normalized spacial score (nSPS) is 18.0. The first-order valence-electron chi connectivity index (χ1n) is 7.47. The number of hydrogen-bond donors (Lipinski definition) is 1. The monoisotopic (exact) mass is 315 g/mol. The average molecular weight is 315 g/mol. The maximum absolute atomic E-state index is 13.3. The van der Waals surface area contributed by atoms with Crippen LogP contribution in [0.2, 0.25) is 0 Å². The molecular weight excluding hydrogens is 297 g/mol. The van der Waals surface area contributed by atoms with Gasteiger partial charge in [-0.05, 0) is 61.3 Å². The Kier molecular flexibility index (Phi) is 4.63. The first-order chi connectivity index (χ1) is 10.7. The maximum atomic E-state index is 13.3. The van der Waals surface area contributed by atoms with Crippen LogP contribution >= 0.6 is 12.2 Å². The lowest BCUT2D eigenvalue weighted by molar-refractivity contribution is 0.248. The Bertz CT molecular complexity index is 647. The van der Waals surface area contributed by atoms with Crippen LogP contribution in [-0.2, 0) is 0 Å². The minimum atomic E-state index is -0.268. The van der Waals surface area contributed by atoms with E-state index in [1.54, 1.807) is 12.3 Å². The summed E-state index contributed by atoms with van der Waals surface area (Å²) >= 11 is 5.55. The van der Waals surface area contributed by atoms with Crippen molar-refractivity contribution in [1.82, 2.24) is 9.88 Å². The molecule has 1 atom stereocenters. The summed E-state index contributed by atoms with van der Waals surface area (Å²) in [5, 5.41) is 3.79. The minimum absolute atomic E-state index is 0.232. The Hall–Kier alpha value is -2.01. The second kappa shape index (κ2) is 6.83. The molecule has 0 spiro atoms. The average Bonchev–Trinajstić information content (AvgIpc) is 2.56. The highest BCUT2D eigenvalue weighted by atomic mass is 32.1. The van der Waals surface area contributed by atoms with Gasteiger partial charge in [0.05, 0.1) is 6.04 Å². The zero-order valence-corrected chi connectivity index (χ0v) is 13.0. The van der Waals surface area contributed by atoms with Crippen molar-refractivity contribution in [2.45, 2.75) is 25.3 Å². The molecule has 1 N–H and O–H groups in total. The number of aromatic nitrogens is 1. The summed E-state index contributed by atoms with van der Waals surface area (Å²) in [4.78, 5) is 6.39. The number of rotatable bonds is 2. The number of benzene rings is 1. The van der Waals surface area contributed by atoms with Gasteiger partial charge in [-0.2, -0.15) is 0 Å². The topological polar surface area (TPSA) is 28.2 Å². The molecule has 0 radical (unpaired) electrons. The number of likely N-dealkylation sites (tertiary alicyclic amines) is 1. The third-order valence-corrected chi connectivity index (χ3v) is 4.25. The molecule has 0 saturated carbocycles. The molecule has 2 aromatic rings. The van der Waals surface area contributed by atoms with Crippen molar-refractivity contribution in [3.05, 3.63) is 60.2 Å². The molecule has 1 aliphatic rings. The summed E-state index contributed by atoms with van der Waals surface area (Å²) in [6.07, 6.45) is 7.02. The van der Waals surface area contributed by atoms with Gasteiger partial charge in [0.15, 0.2) is 5.11 Å². The highest BCUT2D eigenvalue weighted by Crippen LogP contribution is 2.31. The molecular formula is C17H18FN3S. The van der Waals surface area contributed by atoms with E-state index < -0.39 is 0 Å². The van der Waals surface area contributed by atoms with Crippen molar-refractivity contribution in [2.75, 3.05) is 11.9 Å². The summed E-state index contributed by atoms with van der Waals surface area (Å²) in [6, 6.07) is 10.6. The molecule has 1 fully saturated rings. The summed E-state index contributed by atoms with van der Waals surface area (Å²) in [5.74, 6) is -0.268. The van der Waals surface area contributed by atoms with E-state index in [-0.39, 0.29) is 11.9 Å².